The van der Waals surface area contributed by atoms with Crippen LogP contribution in [0.3, 0.4) is 0 Å². The lowest BCUT2D eigenvalue weighted by atomic mass is 10.1. The number of benzene rings is 3. The van der Waals surface area contributed by atoms with Gasteiger partial charge >= 0.3 is 0 Å². The zero-order chi connectivity index (χ0) is 28.8. The van der Waals surface area contributed by atoms with E-state index in [1.54, 1.807) is 18.2 Å². The summed E-state index contributed by atoms with van der Waals surface area (Å²) in [5, 5.41) is 12.7. The summed E-state index contributed by atoms with van der Waals surface area (Å²) in [4.78, 5) is 22.7. The quantitative estimate of drug-likeness (QED) is 0.264. The highest BCUT2D eigenvalue weighted by Gasteiger charge is 2.14. The van der Waals surface area contributed by atoms with Crippen LogP contribution in [0.25, 0.3) is 22.7 Å². The zero-order valence-corrected chi connectivity index (χ0v) is 23.5. The van der Waals surface area contributed by atoms with Crippen LogP contribution >= 0.6 is 0 Å². The van der Waals surface area contributed by atoms with Gasteiger partial charge in [-0.25, -0.2) is 4.98 Å². The van der Waals surface area contributed by atoms with Gasteiger partial charge in [0.15, 0.2) is 18.1 Å². The predicted octanol–water partition coefficient (Wildman–Crippen LogP) is 5.50. The highest BCUT2D eigenvalue weighted by atomic mass is 16.5. The number of aromatic nitrogens is 2. The molecule has 0 spiro atoms. The van der Waals surface area contributed by atoms with E-state index in [4.69, 9.17) is 14.2 Å². The van der Waals surface area contributed by atoms with Gasteiger partial charge < -0.3 is 29.4 Å². The molecule has 2 N–H and O–H groups in total. The Morgan fingerprint density at radius 2 is 1.83 bits per heavy atom. The molecule has 0 bridgehead atoms. The third-order valence-electron chi connectivity index (χ3n) is 6.94. The first-order valence-corrected chi connectivity index (χ1v) is 13.6. The number of nitrogens with zero attached hydrogens (tertiary/aromatic N) is 3. The Kier molecular flexibility index (Phi) is 8.51. The van der Waals surface area contributed by atoms with E-state index in [0.717, 1.165) is 59.7 Å². The van der Waals surface area contributed by atoms with Crippen molar-refractivity contribution in [1.82, 2.24) is 9.97 Å². The van der Waals surface area contributed by atoms with Gasteiger partial charge in [0.2, 0.25) is 0 Å². The fourth-order valence-electron chi connectivity index (χ4n) is 4.64. The van der Waals surface area contributed by atoms with Gasteiger partial charge in [-0.05, 0) is 92.1 Å². The van der Waals surface area contributed by atoms with E-state index in [2.05, 4.69) is 26.3 Å². The highest BCUT2D eigenvalue weighted by Crippen LogP contribution is 2.31. The lowest BCUT2D eigenvalue weighted by Crippen LogP contribution is -2.36. The number of aromatic amines is 1. The maximum atomic E-state index is 12.6. The third-order valence-corrected chi connectivity index (χ3v) is 6.94. The molecule has 0 aliphatic carbocycles. The lowest BCUT2D eigenvalue weighted by molar-refractivity contribution is -0.118. The average molecular weight is 552 g/mol. The number of rotatable bonds is 9. The SMILES string of the molecule is CCOc1cc(/C=C(\C#N)c2nc3cc(C)c(C)cc3[nH]2)ccc1OCC(=O)Nc1ccc(N2CCOCC2)cc1. The number of morpholine rings is 1. The lowest BCUT2D eigenvalue weighted by Gasteiger charge is -2.28. The molecular weight excluding hydrogens is 518 g/mol. The van der Waals surface area contributed by atoms with Gasteiger partial charge in [0.1, 0.15) is 11.9 Å². The summed E-state index contributed by atoms with van der Waals surface area (Å²) in [6.45, 7) is 9.34. The second-order valence-corrected chi connectivity index (χ2v) is 9.83. The first kappa shape index (κ1) is 27.7. The number of imidazole rings is 1. The molecular formula is C32H33N5O4. The molecule has 4 aromatic rings. The molecule has 1 fully saturated rings. The number of nitriles is 1. The van der Waals surface area contributed by atoms with Crippen LogP contribution < -0.4 is 19.7 Å². The number of aryl methyl sites for hydroxylation is 2. The summed E-state index contributed by atoms with van der Waals surface area (Å²) in [6, 6.07) is 19.4. The van der Waals surface area contributed by atoms with Crippen molar-refractivity contribution in [2.75, 3.05) is 49.7 Å². The van der Waals surface area contributed by atoms with E-state index in [1.807, 2.05) is 63.2 Å². The zero-order valence-electron chi connectivity index (χ0n) is 23.5. The van der Waals surface area contributed by atoms with Crippen LogP contribution in [0.1, 0.15) is 29.4 Å². The number of amides is 1. The van der Waals surface area contributed by atoms with Crippen LogP contribution in [-0.2, 0) is 9.53 Å². The van der Waals surface area contributed by atoms with E-state index in [-0.39, 0.29) is 12.5 Å². The summed E-state index contributed by atoms with van der Waals surface area (Å²) in [5.41, 5.74) is 6.93. The van der Waals surface area contributed by atoms with Gasteiger partial charge in [0.25, 0.3) is 5.91 Å². The first-order chi connectivity index (χ1) is 19.9. The first-order valence-electron chi connectivity index (χ1n) is 13.6. The summed E-state index contributed by atoms with van der Waals surface area (Å²) in [5.74, 6) is 1.14. The molecule has 1 aliphatic rings. The van der Waals surface area contributed by atoms with Crippen molar-refractivity contribution in [2.45, 2.75) is 20.8 Å². The minimum atomic E-state index is -0.280. The van der Waals surface area contributed by atoms with Gasteiger partial charge in [-0.15, -0.1) is 0 Å². The van der Waals surface area contributed by atoms with Crippen molar-refractivity contribution >= 4 is 40.0 Å². The summed E-state index contributed by atoms with van der Waals surface area (Å²) in [6.07, 6.45) is 1.75. The maximum absolute atomic E-state index is 12.6. The number of hydrogen-bond acceptors (Lipinski definition) is 7. The summed E-state index contributed by atoms with van der Waals surface area (Å²) >= 11 is 0. The molecule has 9 heteroatoms. The standard InChI is InChI=1S/C32H33N5O4/c1-4-40-30-18-23(17-24(19-33)32-35-27-15-21(2)22(3)16-28(27)36-32)5-10-29(30)41-20-31(38)34-25-6-8-26(9-7-25)37-11-13-39-14-12-37/h5-10,15-18H,4,11-14,20H2,1-3H3,(H,34,38)(H,35,36)/b24-17+. The minimum absolute atomic E-state index is 0.179. The number of fused-ring (bicyclic) bond motifs is 1. The number of H-pyrrole nitrogens is 1. The van der Waals surface area contributed by atoms with Gasteiger partial charge in [-0.1, -0.05) is 6.07 Å². The van der Waals surface area contributed by atoms with Gasteiger partial charge in [0, 0.05) is 24.5 Å². The Balaban J connectivity index is 1.25. The van der Waals surface area contributed by atoms with Crippen LogP contribution in [0.4, 0.5) is 11.4 Å². The van der Waals surface area contributed by atoms with Gasteiger partial charge in [-0.2, -0.15) is 5.26 Å². The molecule has 0 unspecified atom stereocenters. The fraction of sp³-hybridized carbons (Fsp3) is 0.281. The van der Waals surface area contributed by atoms with Crippen LogP contribution in [0.15, 0.2) is 54.6 Å². The number of anilines is 2. The number of nitrogens with one attached hydrogen (secondary N) is 2. The van der Waals surface area contributed by atoms with Crippen molar-refractivity contribution in [3.05, 3.63) is 77.1 Å². The molecule has 1 saturated heterocycles. The molecule has 1 aromatic heterocycles. The minimum Gasteiger partial charge on any atom is -0.490 e. The number of allylic oxidation sites excluding steroid dienone is 1. The number of carbonyl (C=O) groups is 1. The van der Waals surface area contributed by atoms with E-state index < -0.39 is 0 Å². The van der Waals surface area contributed by atoms with Crippen LogP contribution in [0.2, 0.25) is 0 Å². The fourth-order valence-corrected chi connectivity index (χ4v) is 4.64. The Morgan fingerprint density at radius 1 is 1.07 bits per heavy atom. The second kappa shape index (κ2) is 12.6. The summed E-state index contributed by atoms with van der Waals surface area (Å²) in [7, 11) is 0. The Morgan fingerprint density at radius 3 is 2.56 bits per heavy atom. The molecule has 0 radical (unpaired) electrons. The smallest absolute Gasteiger partial charge is 0.262 e. The normalized spacial score (nSPS) is 13.6. The molecule has 2 heterocycles. The third kappa shape index (κ3) is 6.68. The van der Waals surface area contributed by atoms with Crippen LogP contribution in [-0.4, -0.2) is 55.4 Å². The van der Waals surface area contributed by atoms with E-state index >= 15 is 0 Å². The molecule has 1 amide bonds. The Bertz CT molecular complexity index is 1570. The Hall–Kier alpha value is -4.81. The van der Waals surface area contributed by atoms with Crippen molar-refractivity contribution in [3.63, 3.8) is 0 Å². The second-order valence-electron chi connectivity index (χ2n) is 9.83. The predicted molar refractivity (Wildman–Crippen MR) is 160 cm³/mol. The van der Waals surface area contributed by atoms with Crippen LogP contribution in [0, 0.1) is 25.2 Å². The van der Waals surface area contributed by atoms with Gasteiger partial charge in [0.05, 0.1) is 36.4 Å². The van der Waals surface area contributed by atoms with Crippen molar-refractivity contribution in [1.29, 1.82) is 5.26 Å². The maximum Gasteiger partial charge on any atom is 0.262 e. The number of ether oxygens (including phenoxy) is 3. The molecule has 5 rings (SSSR count). The largest absolute Gasteiger partial charge is 0.490 e. The van der Waals surface area contributed by atoms with Crippen molar-refractivity contribution in [3.8, 4) is 17.6 Å². The van der Waals surface area contributed by atoms with Crippen molar-refractivity contribution < 1.29 is 19.0 Å². The molecule has 0 atom stereocenters. The monoisotopic (exact) mass is 551 g/mol. The molecule has 41 heavy (non-hydrogen) atoms. The molecule has 210 valence electrons. The number of hydrogen-bond donors (Lipinski definition) is 2. The highest BCUT2D eigenvalue weighted by molar-refractivity contribution is 5.92. The Labute approximate surface area is 239 Å². The van der Waals surface area contributed by atoms with E-state index in [0.29, 0.717) is 35.2 Å². The molecule has 1 aliphatic heterocycles. The van der Waals surface area contributed by atoms with Crippen LogP contribution in [0.5, 0.6) is 11.5 Å². The molecule has 3 aromatic carbocycles. The van der Waals surface area contributed by atoms with Gasteiger partial charge in [-0.3, -0.25) is 4.79 Å². The van der Waals surface area contributed by atoms with E-state index in [9.17, 15) is 10.1 Å². The number of carbonyl (C=O) groups excluding carboxylic acids is 1. The topological polar surface area (TPSA) is 112 Å². The molecule has 0 saturated carbocycles. The van der Waals surface area contributed by atoms with Crippen molar-refractivity contribution in [2.24, 2.45) is 0 Å². The average Bonchev–Trinajstić information content (AvgIpc) is 3.39. The summed E-state index contributed by atoms with van der Waals surface area (Å²) < 4.78 is 17.0. The molecule has 9 nitrogen and oxygen atoms in total. The van der Waals surface area contributed by atoms with E-state index in [1.165, 1.54) is 0 Å².